The third kappa shape index (κ3) is 2.99. The summed E-state index contributed by atoms with van der Waals surface area (Å²) in [5.41, 5.74) is 7.39. The van der Waals surface area contributed by atoms with Gasteiger partial charge < -0.3 is 10.8 Å². The molecule has 2 rings (SSSR count). The van der Waals surface area contributed by atoms with E-state index in [1.54, 1.807) is 0 Å². The fourth-order valence-electron chi connectivity index (χ4n) is 2.59. The van der Waals surface area contributed by atoms with Gasteiger partial charge in [0.1, 0.15) is 0 Å². The predicted octanol–water partition coefficient (Wildman–Crippen LogP) is 3.27. The molecule has 0 amide bonds. The molecule has 88 valence electrons. The van der Waals surface area contributed by atoms with E-state index in [0.29, 0.717) is 5.92 Å². The van der Waals surface area contributed by atoms with Crippen LogP contribution in [0, 0.1) is 5.92 Å². The van der Waals surface area contributed by atoms with Gasteiger partial charge in [-0.25, -0.2) is 0 Å². The zero-order chi connectivity index (χ0) is 11.4. The van der Waals surface area contributed by atoms with Gasteiger partial charge in [0.25, 0.3) is 0 Å². The lowest BCUT2D eigenvalue weighted by molar-refractivity contribution is 0.131. The monoisotopic (exact) mass is 219 g/mol. The molecule has 1 aliphatic carbocycles. The van der Waals surface area contributed by atoms with Crippen LogP contribution in [0.1, 0.15) is 50.2 Å². The van der Waals surface area contributed by atoms with Crippen LogP contribution in [0.3, 0.4) is 0 Å². The van der Waals surface area contributed by atoms with Gasteiger partial charge in [0, 0.05) is 5.69 Å². The van der Waals surface area contributed by atoms with Gasteiger partial charge in [0.15, 0.2) is 0 Å². The van der Waals surface area contributed by atoms with Crippen LogP contribution in [0.2, 0.25) is 0 Å². The number of hydrogen-bond donors (Lipinski definition) is 2. The van der Waals surface area contributed by atoms with E-state index >= 15 is 0 Å². The molecule has 1 unspecified atom stereocenters. The average Bonchev–Trinajstić information content (AvgIpc) is 2.31. The fraction of sp³-hybridized carbons (Fsp3) is 0.571. The van der Waals surface area contributed by atoms with E-state index in [0.717, 1.165) is 17.7 Å². The molecule has 3 N–H and O–H groups in total. The van der Waals surface area contributed by atoms with Crippen LogP contribution < -0.4 is 5.73 Å². The van der Waals surface area contributed by atoms with Crippen molar-refractivity contribution in [3.63, 3.8) is 0 Å². The maximum Gasteiger partial charge on any atom is 0.0792 e. The maximum atomic E-state index is 10.1. The molecule has 1 fully saturated rings. The summed E-state index contributed by atoms with van der Waals surface area (Å²) in [6.07, 6.45) is 7.19. The van der Waals surface area contributed by atoms with Crippen LogP contribution in [-0.4, -0.2) is 5.11 Å². The van der Waals surface area contributed by atoms with Gasteiger partial charge in [-0.05, 0) is 30.0 Å². The van der Waals surface area contributed by atoms with Crippen molar-refractivity contribution in [3.8, 4) is 0 Å². The van der Waals surface area contributed by atoms with Crippen molar-refractivity contribution >= 4 is 5.69 Å². The van der Waals surface area contributed by atoms with Gasteiger partial charge in [0.05, 0.1) is 6.10 Å². The van der Waals surface area contributed by atoms with Gasteiger partial charge in [-0.15, -0.1) is 0 Å². The van der Waals surface area contributed by atoms with Crippen molar-refractivity contribution in [2.45, 2.75) is 44.6 Å². The number of anilines is 1. The largest absolute Gasteiger partial charge is 0.399 e. The number of aliphatic hydroxyl groups excluding tert-OH is 1. The molecule has 16 heavy (non-hydrogen) atoms. The molecule has 1 aromatic carbocycles. The van der Waals surface area contributed by atoms with E-state index in [9.17, 15) is 5.11 Å². The lowest BCUT2D eigenvalue weighted by atomic mass is 9.84. The van der Waals surface area contributed by atoms with E-state index < -0.39 is 0 Å². The van der Waals surface area contributed by atoms with Crippen molar-refractivity contribution in [1.82, 2.24) is 0 Å². The van der Waals surface area contributed by atoms with Crippen LogP contribution in [-0.2, 0) is 0 Å². The van der Waals surface area contributed by atoms with Crippen LogP contribution >= 0.6 is 0 Å². The molecule has 0 bridgehead atoms. The molecule has 1 atom stereocenters. The molecule has 0 spiro atoms. The van der Waals surface area contributed by atoms with Crippen LogP contribution in [0.25, 0.3) is 0 Å². The maximum absolute atomic E-state index is 10.1. The number of aliphatic hydroxyl groups is 1. The number of hydrogen-bond acceptors (Lipinski definition) is 2. The van der Waals surface area contributed by atoms with Gasteiger partial charge in [0.2, 0.25) is 0 Å². The second kappa shape index (κ2) is 5.35. The second-order valence-electron chi connectivity index (χ2n) is 4.92. The standard InChI is InChI=1S/C14H21NO/c15-13-8-6-12(7-9-13)14(16)10-11-4-2-1-3-5-11/h6-9,11,14,16H,1-5,10,15H2. The highest BCUT2D eigenvalue weighted by Gasteiger charge is 2.18. The minimum atomic E-state index is -0.316. The third-order valence-electron chi connectivity index (χ3n) is 3.60. The first-order valence-electron chi connectivity index (χ1n) is 6.29. The third-order valence-corrected chi connectivity index (χ3v) is 3.60. The molecule has 2 nitrogen and oxygen atoms in total. The number of benzene rings is 1. The first kappa shape index (κ1) is 11.5. The van der Waals surface area contributed by atoms with E-state index in [4.69, 9.17) is 5.73 Å². The van der Waals surface area contributed by atoms with Gasteiger partial charge >= 0.3 is 0 Å². The molecule has 0 heterocycles. The van der Waals surface area contributed by atoms with Crippen molar-refractivity contribution < 1.29 is 5.11 Å². The molecular formula is C14H21NO. The summed E-state index contributed by atoms with van der Waals surface area (Å²) in [4.78, 5) is 0. The SMILES string of the molecule is Nc1ccc(C(O)CC2CCCCC2)cc1. The zero-order valence-electron chi connectivity index (χ0n) is 9.73. The summed E-state index contributed by atoms with van der Waals surface area (Å²) < 4.78 is 0. The molecule has 0 aromatic heterocycles. The molecule has 0 aliphatic heterocycles. The first-order chi connectivity index (χ1) is 7.75. The normalized spacial score (nSPS) is 19.6. The van der Waals surface area contributed by atoms with Gasteiger partial charge in [-0.2, -0.15) is 0 Å². The van der Waals surface area contributed by atoms with E-state index in [2.05, 4.69) is 0 Å². The highest BCUT2D eigenvalue weighted by molar-refractivity contribution is 5.39. The molecule has 1 saturated carbocycles. The van der Waals surface area contributed by atoms with Crippen LogP contribution in [0.5, 0.6) is 0 Å². The zero-order valence-corrected chi connectivity index (χ0v) is 9.73. The second-order valence-corrected chi connectivity index (χ2v) is 4.92. The molecular weight excluding hydrogens is 198 g/mol. The summed E-state index contributed by atoms with van der Waals surface area (Å²) in [7, 11) is 0. The quantitative estimate of drug-likeness (QED) is 0.766. The smallest absolute Gasteiger partial charge is 0.0792 e. The predicted molar refractivity (Wildman–Crippen MR) is 67.0 cm³/mol. The van der Waals surface area contributed by atoms with Crippen molar-refractivity contribution in [1.29, 1.82) is 0 Å². The summed E-state index contributed by atoms with van der Waals surface area (Å²) in [5.74, 6) is 0.710. The van der Waals surface area contributed by atoms with E-state index in [1.807, 2.05) is 24.3 Å². The number of rotatable bonds is 3. The first-order valence-corrected chi connectivity index (χ1v) is 6.29. The molecule has 1 aromatic rings. The summed E-state index contributed by atoms with van der Waals surface area (Å²) in [6, 6.07) is 7.59. The Morgan fingerprint density at radius 2 is 1.75 bits per heavy atom. The van der Waals surface area contributed by atoms with Gasteiger partial charge in [-0.1, -0.05) is 44.2 Å². The number of nitrogen functional groups attached to an aromatic ring is 1. The Labute approximate surface area is 97.5 Å². The van der Waals surface area contributed by atoms with Crippen LogP contribution in [0.4, 0.5) is 5.69 Å². The molecule has 1 aliphatic rings. The van der Waals surface area contributed by atoms with E-state index in [1.165, 1.54) is 32.1 Å². The van der Waals surface area contributed by atoms with Crippen molar-refractivity contribution in [2.75, 3.05) is 5.73 Å². The summed E-state index contributed by atoms with van der Waals surface area (Å²) in [5, 5.41) is 10.1. The highest BCUT2D eigenvalue weighted by atomic mass is 16.3. The lowest BCUT2D eigenvalue weighted by Gasteiger charge is -2.24. The topological polar surface area (TPSA) is 46.2 Å². The number of nitrogens with two attached hydrogens (primary N) is 1. The average molecular weight is 219 g/mol. The summed E-state index contributed by atoms with van der Waals surface area (Å²) >= 11 is 0. The Kier molecular flexibility index (Phi) is 3.83. The Hall–Kier alpha value is -1.02. The Balaban J connectivity index is 1.91. The Morgan fingerprint density at radius 3 is 2.38 bits per heavy atom. The minimum Gasteiger partial charge on any atom is -0.399 e. The van der Waals surface area contributed by atoms with Crippen molar-refractivity contribution in [2.24, 2.45) is 5.92 Å². The van der Waals surface area contributed by atoms with Gasteiger partial charge in [-0.3, -0.25) is 0 Å². The fourth-order valence-corrected chi connectivity index (χ4v) is 2.59. The van der Waals surface area contributed by atoms with E-state index in [-0.39, 0.29) is 6.10 Å². The molecule has 0 saturated heterocycles. The minimum absolute atomic E-state index is 0.316. The van der Waals surface area contributed by atoms with Crippen LogP contribution in [0.15, 0.2) is 24.3 Å². The molecule has 2 heteroatoms. The lowest BCUT2D eigenvalue weighted by Crippen LogP contribution is -2.11. The molecule has 0 radical (unpaired) electrons. The summed E-state index contributed by atoms with van der Waals surface area (Å²) in [6.45, 7) is 0. The Morgan fingerprint density at radius 1 is 1.12 bits per heavy atom. The van der Waals surface area contributed by atoms with Crippen molar-refractivity contribution in [3.05, 3.63) is 29.8 Å². The Bertz CT molecular complexity index is 314. The highest BCUT2D eigenvalue weighted by Crippen LogP contribution is 2.31.